The molecular formula is C21H30F3NO4S. The molecule has 0 spiro atoms. The summed E-state index contributed by atoms with van der Waals surface area (Å²) in [7, 11) is -3.80. The summed E-state index contributed by atoms with van der Waals surface area (Å²) in [5.41, 5.74) is -6.18. The molecule has 3 aliphatic carbocycles. The largest absolute Gasteiger partial charge is 0.534 e. The van der Waals surface area contributed by atoms with Crippen molar-refractivity contribution in [3.63, 3.8) is 0 Å². The molecule has 1 aliphatic heterocycles. The molecule has 30 heavy (non-hydrogen) atoms. The Kier molecular flexibility index (Phi) is 4.85. The zero-order chi connectivity index (χ0) is 22.3. The number of piperidine rings is 1. The van der Waals surface area contributed by atoms with E-state index in [2.05, 4.69) is 6.92 Å². The average Bonchev–Trinajstić information content (AvgIpc) is 2.87. The van der Waals surface area contributed by atoms with Gasteiger partial charge in [-0.05, 0) is 67.3 Å². The normalized spacial score (nSPS) is 44.1. The topological polar surface area (TPSA) is 63.7 Å². The molecule has 1 saturated heterocycles. The number of carbonyl (C=O) groups excluding carboxylic acids is 1. The van der Waals surface area contributed by atoms with E-state index in [1.54, 1.807) is 6.08 Å². The van der Waals surface area contributed by atoms with Crippen molar-refractivity contribution in [3.05, 3.63) is 11.8 Å². The third-order valence-electron chi connectivity index (χ3n) is 8.84. The van der Waals surface area contributed by atoms with Crippen LogP contribution < -0.4 is 0 Å². The van der Waals surface area contributed by atoms with Crippen molar-refractivity contribution in [2.24, 2.45) is 34.5 Å². The molecule has 7 atom stereocenters. The second-order valence-electron chi connectivity index (χ2n) is 10.2. The highest BCUT2D eigenvalue weighted by atomic mass is 32.2. The summed E-state index contributed by atoms with van der Waals surface area (Å²) in [4.78, 5) is 14.1. The van der Waals surface area contributed by atoms with Crippen LogP contribution in [0.25, 0.3) is 0 Å². The van der Waals surface area contributed by atoms with Crippen LogP contribution in [0.15, 0.2) is 11.8 Å². The number of allylic oxidation sites excluding steroid dienone is 2. The molecule has 5 nitrogen and oxygen atoms in total. The molecule has 0 aromatic rings. The van der Waals surface area contributed by atoms with Gasteiger partial charge in [-0.3, -0.25) is 4.79 Å². The maximum absolute atomic E-state index is 12.9. The summed E-state index contributed by atoms with van der Waals surface area (Å²) < 4.78 is 66.9. The quantitative estimate of drug-likeness (QED) is 0.461. The summed E-state index contributed by atoms with van der Waals surface area (Å²) >= 11 is 0. The van der Waals surface area contributed by atoms with Crippen LogP contribution in [-0.2, 0) is 19.1 Å². The Bertz CT molecular complexity index is 885. The van der Waals surface area contributed by atoms with Crippen LogP contribution in [0.4, 0.5) is 13.2 Å². The van der Waals surface area contributed by atoms with Crippen LogP contribution in [0.2, 0.25) is 0 Å². The monoisotopic (exact) mass is 449 g/mol. The highest BCUT2D eigenvalue weighted by molar-refractivity contribution is 7.87. The molecule has 4 rings (SSSR count). The van der Waals surface area contributed by atoms with E-state index >= 15 is 0 Å². The third-order valence-corrected chi connectivity index (χ3v) is 9.80. The van der Waals surface area contributed by atoms with E-state index in [9.17, 15) is 26.4 Å². The Morgan fingerprint density at radius 1 is 1.17 bits per heavy atom. The van der Waals surface area contributed by atoms with E-state index in [0.717, 1.165) is 25.7 Å². The van der Waals surface area contributed by atoms with E-state index in [1.165, 1.54) is 0 Å². The van der Waals surface area contributed by atoms with Gasteiger partial charge in [0.05, 0.1) is 0 Å². The minimum absolute atomic E-state index is 0.0196. The van der Waals surface area contributed by atoms with Gasteiger partial charge in [-0.25, -0.2) is 0 Å². The molecule has 1 heterocycles. The minimum Gasteiger partial charge on any atom is -0.380 e. The molecule has 7 unspecified atom stereocenters. The van der Waals surface area contributed by atoms with Crippen molar-refractivity contribution >= 4 is 16.0 Å². The van der Waals surface area contributed by atoms with Gasteiger partial charge >= 0.3 is 15.6 Å². The van der Waals surface area contributed by atoms with Gasteiger partial charge in [0.15, 0.2) is 0 Å². The Morgan fingerprint density at radius 2 is 1.83 bits per heavy atom. The van der Waals surface area contributed by atoms with Crippen molar-refractivity contribution in [3.8, 4) is 0 Å². The molecule has 0 aromatic heterocycles. The Balaban J connectivity index is 1.63. The lowest BCUT2D eigenvalue weighted by atomic mass is 9.46. The van der Waals surface area contributed by atoms with E-state index in [0.29, 0.717) is 18.8 Å². The molecule has 0 N–H and O–H groups in total. The fourth-order valence-electron chi connectivity index (χ4n) is 7.48. The predicted octanol–water partition coefficient (Wildman–Crippen LogP) is 4.46. The summed E-state index contributed by atoms with van der Waals surface area (Å²) in [6, 6.07) is 0.190. The molecule has 0 bridgehead atoms. The maximum Gasteiger partial charge on any atom is 0.534 e. The standard InChI is InChI=1S/C21H30F3NO4S/c1-12-11-16(29-30(27,28)21(22,23)24)20(3)9-7-14-13(18(12)20)5-6-15-19(14,2)10-8-17(26)25(15)4/h11-15,18H,5-10H2,1-4H3. The number of likely N-dealkylation sites (tertiary alicyclic amines) is 1. The van der Waals surface area contributed by atoms with Crippen LogP contribution in [0.1, 0.15) is 59.3 Å². The molecule has 2 saturated carbocycles. The van der Waals surface area contributed by atoms with E-state index < -0.39 is 21.0 Å². The van der Waals surface area contributed by atoms with Gasteiger partial charge in [0.2, 0.25) is 5.91 Å². The van der Waals surface area contributed by atoms with E-state index in [4.69, 9.17) is 4.18 Å². The van der Waals surface area contributed by atoms with Crippen LogP contribution in [-0.4, -0.2) is 37.8 Å². The van der Waals surface area contributed by atoms with Gasteiger partial charge in [0.1, 0.15) is 5.76 Å². The number of amides is 1. The highest BCUT2D eigenvalue weighted by Crippen LogP contribution is 2.66. The van der Waals surface area contributed by atoms with Crippen LogP contribution in [0.3, 0.4) is 0 Å². The van der Waals surface area contributed by atoms with Crippen molar-refractivity contribution in [2.45, 2.75) is 70.8 Å². The lowest BCUT2D eigenvalue weighted by Crippen LogP contribution is -2.61. The van der Waals surface area contributed by atoms with Crippen molar-refractivity contribution in [1.82, 2.24) is 4.90 Å². The van der Waals surface area contributed by atoms with Gasteiger partial charge in [-0.1, -0.05) is 20.8 Å². The fourth-order valence-corrected chi connectivity index (χ4v) is 8.06. The molecule has 4 aliphatic rings. The molecular weight excluding hydrogens is 419 g/mol. The number of hydrogen-bond acceptors (Lipinski definition) is 4. The van der Waals surface area contributed by atoms with Gasteiger partial charge < -0.3 is 9.08 Å². The third kappa shape index (κ3) is 2.93. The number of halogens is 3. The smallest absolute Gasteiger partial charge is 0.380 e. The van der Waals surface area contributed by atoms with E-state index in [1.807, 2.05) is 25.8 Å². The Hall–Kier alpha value is -1.25. The zero-order valence-corrected chi connectivity index (χ0v) is 18.6. The first-order chi connectivity index (χ1) is 13.7. The Labute approximate surface area is 176 Å². The van der Waals surface area contributed by atoms with Crippen LogP contribution in [0, 0.1) is 34.5 Å². The first-order valence-corrected chi connectivity index (χ1v) is 12.1. The number of carbonyl (C=O) groups is 1. The Morgan fingerprint density at radius 3 is 2.47 bits per heavy atom. The highest BCUT2D eigenvalue weighted by Gasteiger charge is 2.63. The van der Waals surface area contributed by atoms with Crippen molar-refractivity contribution < 1.29 is 30.6 Å². The number of fused-ring (bicyclic) bond motifs is 5. The second-order valence-corrected chi connectivity index (χ2v) is 11.8. The van der Waals surface area contributed by atoms with Crippen LogP contribution in [0.5, 0.6) is 0 Å². The minimum atomic E-state index is -5.68. The average molecular weight is 450 g/mol. The van der Waals surface area contributed by atoms with Gasteiger partial charge in [0, 0.05) is 24.9 Å². The van der Waals surface area contributed by atoms with Gasteiger partial charge in [0.25, 0.3) is 0 Å². The lowest BCUT2D eigenvalue weighted by Gasteiger charge is -2.61. The van der Waals surface area contributed by atoms with E-state index in [-0.39, 0.29) is 40.9 Å². The van der Waals surface area contributed by atoms with Crippen molar-refractivity contribution in [1.29, 1.82) is 0 Å². The zero-order valence-electron chi connectivity index (χ0n) is 17.8. The number of rotatable bonds is 2. The molecule has 3 fully saturated rings. The number of hydrogen-bond donors (Lipinski definition) is 0. The first kappa shape index (κ1) is 22.0. The summed E-state index contributed by atoms with van der Waals surface area (Å²) in [6.07, 6.45) is 6.10. The van der Waals surface area contributed by atoms with Gasteiger partial charge in [-0.2, -0.15) is 21.6 Å². The van der Waals surface area contributed by atoms with Crippen LogP contribution >= 0.6 is 0 Å². The fraction of sp³-hybridized carbons (Fsp3) is 0.857. The number of nitrogens with zero attached hydrogens (tertiary/aromatic N) is 1. The second kappa shape index (κ2) is 6.62. The van der Waals surface area contributed by atoms with Crippen molar-refractivity contribution in [2.75, 3.05) is 7.05 Å². The SMILES string of the molecule is CC1C=C(OS(=O)(=O)C(F)(F)F)C2(C)CCC3C(CCC4N(C)C(=O)CCC34C)C12. The summed E-state index contributed by atoms with van der Waals surface area (Å²) in [5, 5.41) is 0. The maximum atomic E-state index is 12.9. The first-order valence-electron chi connectivity index (χ1n) is 10.7. The lowest BCUT2D eigenvalue weighted by molar-refractivity contribution is -0.158. The number of alkyl halides is 3. The molecule has 0 aromatic carbocycles. The predicted molar refractivity (Wildman–Crippen MR) is 104 cm³/mol. The molecule has 1 amide bonds. The molecule has 170 valence electrons. The summed E-state index contributed by atoms with van der Waals surface area (Å²) in [5.74, 6) is 0.742. The molecule has 9 heteroatoms. The van der Waals surface area contributed by atoms with Gasteiger partial charge in [-0.15, -0.1) is 0 Å². The summed E-state index contributed by atoms with van der Waals surface area (Å²) in [6.45, 7) is 6.07. The molecule has 0 radical (unpaired) electrons.